The molecule has 2 N–H and O–H groups in total. The Labute approximate surface area is 205 Å². The third kappa shape index (κ3) is 3.27. The highest BCUT2D eigenvalue weighted by molar-refractivity contribution is 6.23. The van der Waals surface area contributed by atoms with Crippen molar-refractivity contribution in [1.29, 1.82) is 5.26 Å². The summed E-state index contributed by atoms with van der Waals surface area (Å²) in [5.41, 5.74) is -2.38. The lowest BCUT2D eigenvalue weighted by atomic mass is 9.64. The van der Waals surface area contributed by atoms with Gasteiger partial charge in [-0.2, -0.15) is 5.26 Å². The number of ether oxygens (including phenoxy) is 2. The molecule has 2 amide bonds. The van der Waals surface area contributed by atoms with E-state index in [1.807, 2.05) is 6.07 Å². The molecule has 0 radical (unpaired) electrons. The monoisotopic (exact) mass is 498 g/mol. The number of amides is 2. The highest BCUT2D eigenvalue weighted by atomic mass is 19.1. The topological polar surface area (TPSA) is 120 Å². The Morgan fingerprint density at radius 1 is 1.06 bits per heavy atom. The van der Waals surface area contributed by atoms with Crippen LogP contribution in [0.5, 0.6) is 5.75 Å². The van der Waals surface area contributed by atoms with Gasteiger partial charge in [0.2, 0.25) is 11.8 Å². The van der Waals surface area contributed by atoms with E-state index in [1.165, 1.54) is 25.1 Å². The predicted octanol–water partition coefficient (Wildman–Crippen LogP) is 2.34. The third-order valence-corrected chi connectivity index (χ3v) is 7.70. The van der Waals surface area contributed by atoms with Gasteiger partial charge in [-0.1, -0.05) is 12.1 Å². The molecule has 3 aliphatic heterocycles. The Morgan fingerprint density at radius 3 is 2.39 bits per heavy atom. The molecule has 2 aromatic carbocycles. The van der Waals surface area contributed by atoms with Crippen molar-refractivity contribution >= 4 is 17.5 Å². The molecule has 3 aliphatic rings. The smallest absolute Gasteiger partial charge is 0.240 e. The summed E-state index contributed by atoms with van der Waals surface area (Å²) in [6.07, 6.45) is -2.90. The average Bonchev–Trinajstić information content (AvgIpc) is 3.40. The number of carbonyl (C=O) groups is 2. The normalized spacial score (nSPS) is 32.6. The number of carbonyl (C=O) groups excluding carboxylic acids is 2. The minimum atomic E-state index is -1.59. The quantitative estimate of drug-likeness (QED) is 0.563. The van der Waals surface area contributed by atoms with Gasteiger partial charge in [0.15, 0.2) is 0 Å². The molecule has 10 heteroatoms. The first-order valence-corrected chi connectivity index (χ1v) is 11.5. The average molecular weight is 498 g/mol. The largest absolute Gasteiger partial charge is 0.493 e. The molecular formula is C26H24F2N2O6. The van der Waals surface area contributed by atoms with E-state index in [0.29, 0.717) is 11.3 Å². The molecule has 36 heavy (non-hydrogen) atoms. The van der Waals surface area contributed by atoms with Crippen LogP contribution in [0.3, 0.4) is 0 Å². The van der Waals surface area contributed by atoms with Crippen molar-refractivity contribution < 1.29 is 38.1 Å². The van der Waals surface area contributed by atoms with Crippen LogP contribution in [0.4, 0.5) is 14.5 Å². The first-order chi connectivity index (χ1) is 17.2. The molecule has 8 nitrogen and oxygen atoms in total. The molecule has 3 fully saturated rings. The van der Waals surface area contributed by atoms with Crippen LogP contribution < -0.4 is 9.64 Å². The van der Waals surface area contributed by atoms with Gasteiger partial charge < -0.3 is 19.7 Å². The Kier molecular flexibility index (Phi) is 5.82. The molecule has 3 heterocycles. The minimum absolute atomic E-state index is 0.0111. The number of aliphatic hydroxyl groups excluding tert-OH is 2. The van der Waals surface area contributed by atoms with E-state index in [0.717, 1.165) is 4.90 Å². The second kappa shape index (κ2) is 8.62. The van der Waals surface area contributed by atoms with E-state index in [4.69, 9.17) is 9.47 Å². The van der Waals surface area contributed by atoms with Crippen LogP contribution in [-0.4, -0.2) is 52.0 Å². The zero-order chi connectivity index (χ0) is 25.8. The number of aliphatic hydroxyl groups is 2. The molecule has 5 rings (SSSR count). The molecule has 2 aromatic rings. The Balaban J connectivity index is 1.45. The molecule has 3 saturated heterocycles. The summed E-state index contributed by atoms with van der Waals surface area (Å²) >= 11 is 0. The van der Waals surface area contributed by atoms with Crippen LogP contribution in [0.2, 0.25) is 0 Å². The van der Waals surface area contributed by atoms with Crippen molar-refractivity contribution in [1.82, 2.24) is 0 Å². The second-order valence-electron chi connectivity index (χ2n) is 9.56. The van der Waals surface area contributed by atoms with E-state index in [1.54, 1.807) is 24.3 Å². The van der Waals surface area contributed by atoms with Gasteiger partial charge in [0, 0.05) is 12.0 Å². The van der Waals surface area contributed by atoms with Gasteiger partial charge in [0.05, 0.1) is 35.8 Å². The number of halogens is 2. The Morgan fingerprint density at radius 2 is 1.75 bits per heavy atom. The molecule has 2 unspecified atom stereocenters. The molecule has 2 bridgehead atoms. The number of hydrogen-bond donors (Lipinski definition) is 2. The summed E-state index contributed by atoms with van der Waals surface area (Å²) in [6, 6.07) is 12.2. The number of anilines is 1. The fourth-order valence-electron chi connectivity index (χ4n) is 5.90. The summed E-state index contributed by atoms with van der Waals surface area (Å²) in [6.45, 7) is -0.0833. The summed E-state index contributed by atoms with van der Waals surface area (Å²) < 4.78 is 38.1. The summed E-state index contributed by atoms with van der Waals surface area (Å²) in [5.74, 6) is -2.99. The van der Waals surface area contributed by atoms with E-state index in [2.05, 4.69) is 0 Å². The van der Waals surface area contributed by atoms with Gasteiger partial charge in [-0.15, -0.1) is 0 Å². The zero-order valence-electron chi connectivity index (χ0n) is 19.4. The first kappa shape index (κ1) is 24.3. The van der Waals surface area contributed by atoms with Gasteiger partial charge in [-0.05, 0) is 42.8 Å². The standard InChI is InChI=1S/C26H24F2N2O6/c1-25-19-20(24(34)30(23(19)33)17-5-4-15(13-29)16(10-17)12-28)26(36-25,22(32)21(25)31)8-9-35-18-6-2-14(11-27)3-7-18/h2-7,10,19-22,31-32H,8-9,11-12H2,1H3/t19-,20+,21-,22+,25?,26?/m1/s1. The molecular weight excluding hydrogens is 474 g/mol. The fourth-order valence-corrected chi connectivity index (χ4v) is 5.90. The van der Waals surface area contributed by atoms with Gasteiger partial charge in [-0.3, -0.25) is 9.59 Å². The number of alkyl halides is 2. The summed E-state index contributed by atoms with van der Waals surface area (Å²) in [7, 11) is 0. The van der Waals surface area contributed by atoms with Crippen molar-refractivity contribution in [2.24, 2.45) is 11.8 Å². The highest BCUT2D eigenvalue weighted by Gasteiger charge is 2.80. The zero-order valence-corrected chi connectivity index (χ0v) is 19.4. The molecule has 0 saturated carbocycles. The minimum Gasteiger partial charge on any atom is -0.493 e. The van der Waals surface area contributed by atoms with E-state index in [9.17, 15) is 33.8 Å². The van der Waals surface area contributed by atoms with Gasteiger partial charge in [-0.25, -0.2) is 13.7 Å². The lowest BCUT2D eigenvalue weighted by molar-refractivity contribution is -0.137. The molecule has 0 aromatic heterocycles. The van der Waals surface area contributed by atoms with Crippen molar-refractivity contribution in [2.45, 2.75) is 50.1 Å². The number of benzene rings is 2. The number of hydrogen-bond acceptors (Lipinski definition) is 7. The number of fused-ring (bicyclic) bond motifs is 5. The van der Waals surface area contributed by atoms with E-state index in [-0.39, 0.29) is 29.8 Å². The number of imide groups is 1. The van der Waals surface area contributed by atoms with Crippen molar-refractivity contribution in [3.8, 4) is 11.8 Å². The summed E-state index contributed by atoms with van der Waals surface area (Å²) in [5, 5.41) is 31.0. The predicted molar refractivity (Wildman–Crippen MR) is 121 cm³/mol. The van der Waals surface area contributed by atoms with Gasteiger partial charge in [0.25, 0.3) is 0 Å². The van der Waals surface area contributed by atoms with Crippen LogP contribution in [0, 0.1) is 23.2 Å². The van der Waals surface area contributed by atoms with Crippen molar-refractivity contribution in [2.75, 3.05) is 11.5 Å². The van der Waals surface area contributed by atoms with Crippen LogP contribution in [0.15, 0.2) is 42.5 Å². The van der Waals surface area contributed by atoms with Crippen LogP contribution >= 0.6 is 0 Å². The SMILES string of the molecule is CC12OC(CCOc3ccc(CF)cc3)([C@@H]3C(=O)N(c4ccc(C#N)c(CF)c4)C(=O)[C@@H]31)[C@@H](O)[C@H]2O. The molecule has 0 aliphatic carbocycles. The number of rotatable bonds is 7. The molecule has 6 atom stereocenters. The lowest BCUT2D eigenvalue weighted by Crippen LogP contribution is -2.58. The maximum atomic E-state index is 13.6. The first-order valence-electron chi connectivity index (χ1n) is 11.5. The maximum Gasteiger partial charge on any atom is 0.240 e. The van der Waals surface area contributed by atoms with Crippen molar-refractivity contribution in [3.63, 3.8) is 0 Å². The molecule has 188 valence electrons. The maximum absolute atomic E-state index is 13.6. The van der Waals surface area contributed by atoms with E-state index >= 15 is 0 Å². The fraction of sp³-hybridized carbons (Fsp3) is 0.423. The third-order valence-electron chi connectivity index (χ3n) is 7.70. The Bertz CT molecular complexity index is 1260. The number of nitriles is 1. The van der Waals surface area contributed by atoms with E-state index < -0.39 is 60.4 Å². The van der Waals surface area contributed by atoms with Crippen LogP contribution in [-0.2, 0) is 27.7 Å². The number of nitrogens with zero attached hydrogens (tertiary/aromatic N) is 2. The van der Waals surface area contributed by atoms with Gasteiger partial charge in [0.1, 0.15) is 42.5 Å². The second-order valence-corrected chi connectivity index (χ2v) is 9.56. The lowest BCUT2D eigenvalue weighted by Gasteiger charge is -2.37. The summed E-state index contributed by atoms with van der Waals surface area (Å²) in [4.78, 5) is 28.1. The Hall–Kier alpha value is -3.39. The highest BCUT2D eigenvalue weighted by Crippen LogP contribution is 2.62. The van der Waals surface area contributed by atoms with Gasteiger partial charge >= 0.3 is 0 Å². The molecule has 0 spiro atoms. The van der Waals surface area contributed by atoms with Crippen molar-refractivity contribution in [3.05, 3.63) is 59.2 Å². The van der Waals surface area contributed by atoms with Crippen LogP contribution in [0.25, 0.3) is 0 Å². The van der Waals surface area contributed by atoms with Crippen LogP contribution in [0.1, 0.15) is 30.0 Å².